The van der Waals surface area contributed by atoms with Crippen LogP contribution in [0.5, 0.6) is 5.75 Å². The Morgan fingerprint density at radius 1 is 1.25 bits per heavy atom. The molecule has 3 nitrogen and oxygen atoms in total. The van der Waals surface area contributed by atoms with Gasteiger partial charge in [-0.1, -0.05) is 37.0 Å². The van der Waals surface area contributed by atoms with Crippen molar-refractivity contribution in [2.24, 2.45) is 5.92 Å². The van der Waals surface area contributed by atoms with Crippen LogP contribution in [0.2, 0.25) is 0 Å². The van der Waals surface area contributed by atoms with Crippen LogP contribution in [0.4, 0.5) is 0 Å². The zero-order valence-electron chi connectivity index (χ0n) is 12.5. The molecule has 110 valence electrons. The number of benzene rings is 1. The van der Waals surface area contributed by atoms with E-state index in [1.807, 2.05) is 31.2 Å². The Hall–Kier alpha value is -1.51. The standard InChI is InChI=1S/C17H25NO2/c1-13-8-10-16(11-9-13)20-14(2)17(19)18-12-15-6-4-3-5-7-15/h8-11,14-15H,3-7,12H2,1-2H3,(H,18,19)/t14-/m1/s1. The predicted octanol–water partition coefficient (Wildman–Crippen LogP) is 3.46. The van der Waals surface area contributed by atoms with E-state index in [-0.39, 0.29) is 5.91 Å². The average molecular weight is 275 g/mol. The minimum absolute atomic E-state index is 0.0175. The molecule has 1 aliphatic carbocycles. The topological polar surface area (TPSA) is 38.3 Å². The van der Waals surface area contributed by atoms with Crippen LogP contribution in [-0.2, 0) is 4.79 Å². The molecule has 0 radical (unpaired) electrons. The molecule has 0 aliphatic heterocycles. The van der Waals surface area contributed by atoms with Gasteiger partial charge in [0.05, 0.1) is 0 Å². The van der Waals surface area contributed by atoms with E-state index < -0.39 is 6.10 Å². The Morgan fingerprint density at radius 2 is 1.90 bits per heavy atom. The number of nitrogens with one attached hydrogen (secondary N) is 1. The van der Waals surface area contributed by atoms with E-state index in [9.17, 15) is 4.79 Å². The van der Waals surface area contributed by atoms with E-state index in [0.29, 0.717) is 5.92 Å². The molecule has 0 aromatic heterocycles. The van der Waals surface area contributed by atoms with Gasteiger partial charge < -0.3 is 10.1 Å². The second-order valence-corrected chi connectivity index (χ2v) is 5.82. The third-order valence-electron chi connectivity index (χ3n) is 3.99. The van der Waals surface area contributed by atoms with Crippen LogP contribution in [0.1, 0.15) is 44.6 Å². The summed E-state index contributed by atoms with van der Waals surface area (Å²) in [5.41, 5.74) is 1.19. The Bertz CT molecular complexity index is 421. The van der Waals surface area contributed by atoms with Crippen molar-refractivity contribution in [1.29, 1.82) is 0 Å². The predicted molar refractivity (Wildman–Crippen MR) is 80.9 cm³/mol. The molecule has 0 unspecified atom stereocenters. The summed E-state index contributed by atoms with van der Waals surface area (Å²) in [6.45, 7) is 4.63. The highest BCUT2D eigenvalue weighted by Gasteiger charge is 2.18. The summed E-state index contributed by atoms with van der Waals surface area (Å²) >= 11 is 0. The van der Waals surface area contributed by atoms with Gasteiger partial charge in [-0.25, -0.2) is 0 Å². The fourth-order valence-corrected chi connectivity index (χ4v) is 2.65. The van der Waals surface area contributed by atoms with Crippen molar-refractivity contribution in [2.45, 2.75) is 52.1 Å². The van der Waals surface area contributed by atoms with Crippen LogP contribution < -0.4 is 10.1 Å². The highest BCUT2D eigenvalue weighted by atomic mass is 16.5. The quantitative estimate of drug-likeness (QED) is 0.893. The smallest absolute Gasteiger partial charge is 0.260 e. The maximum atomic E-state index is 12.0. The molecule has 1 saturated carbocycles. The molecule has 2 rings (SSSR count). The van der Waals surface area contributed by atoms with E-state index in [0.717, 1.165) is 12.3 Å². The van der Waals surface area contributed by atoms with Gasteiger partial charge in [0.2, 0.25) is 0 Å². The molecule has 1 aromatic carbocycles. The molecule has 1 aliphatic rings. The van der Waals surface area contributed by atoms with E-state index in [4.69, 9.17) is 4.74 Å². The van der Waals surface area contributed by atoms with Crippen LogP contribution >= 0.6 is 0 Å². The molecule has 1 aromatic rings. The van der Waals surface area contributed by atoms with Crippen molar-refractivity contribution in [1.82, 2.24) is 5.32 Å². The number of amides is 1. The summed E-state index contributed by atoms with van der Waals surface area (Å²) in [6.07, 6.45) is 5.99. The van der Waals surface area contributed by atoms with Crippen LogP contribution in [-0.4, -0.2) is 18.6 Å². The molecule has 1 amide bonds. The van der Waals surface area contributed by atoms with E-state index in [2.05, 4.69) is 5.32 Å². The van der Waals surface area contributed by atoms with Crippen LogP contribution in [0, 0.1) is 12.8 Å². The number of carbonyl (C=O) groups excluding carboxylic acids is 1. The minimum Gasteiger partial charge on any atom is -0.481 e. The number of carbonyl (C=O) groups is 1. The first-order valence-corrected chi connectivity index (χ1v) is 7.66. The molecule has 0 saturated heterocycles. The lowest BCUT2D eigenvalue weighted by Gasteiger charge is -2.23. The summed E-state index contributed by atoms with van der Waals surface area (Å²) in [4.78, 5) is 12.0. The fourth-order valence-electron chi connectivity index (χ4n) is 2.65. The molecular weight excluding hydrogens is 250 g/mol. The molecule has 1 N–H and O–H groups in total. The third kappa shape index (κ3) is 4.55. The van der Waals surface area contributed by atoms with Crippen molar-refractivity contribution in [2.75, 3.05) is 6.54 Å². The Kier molecular flexibility index (Phi) is 5.45. The Labute approximate surface area is 121 Å². The summed E-state index contributed by atoms with van der Waals surface area (Å²) in [5, 5.41) is 3.02. The van der Waals surface area contributed by atoms with Crippen molar-refractivity contribution in [3.05, 3.63) is 29.8 Å². The molecule has 1 fully saturated rings. The first kappa shape index (κ1) is 14.9. The van der Waals surface area contributed by atoms with Gasteiger partial charge in [-0.3, -0.25) is 4.79 Å². The van der Waals surface area contributed by atoms with Crippen molar-refractivity contribution in [3.63, 3.8) is 0 Å². The lowest BCUT2D eigenvalue weighted by molar-refractivity contribution is -0.127. The summed E-state index contributed by atoms with van der Waals surface area (Å²) in [5.74, 6) is 1.38. The number of ether oxygens (including phenoxy) is 1. The lowest BCUT2D eigenvalue weighted by Crippen LogP contribution is -2.39. The van der Waals surface area contributed by atoms with Gasteiger partial charge in [-0.05, 0) is 44.7 Å². The van der Waals surface area contributed by atoms with Crippen LogP contribution in [0.15, 0.2) is 24.3 Å². The summed E-state index contributed by atoms with van der Waals surface area (Å²) in [6, 6.07) is 7.78. The van der Waals surface area contributed by atoms with Gasteiger partial charge in [0.15, 0.2) is 6.10 Å². The monoisotopic (exact) mass is 275 g/mol. The highest BCUT2D eigenvalue weighted by molar-refractivity contribution is 5.80. The molecule has 0 spiro atoms. The van der Waals surface area contributed by atoms with E-state index in [1.54, 1.807) is 6.92 Å². The van der Waals surface area contributed by atoms with Crippen LogP contribution in [0.25, 0.3) is 0 Å². The molecule has 0 heterocycles. The van der Waals surface area contributed by atoms with Gasteiger partial charge in [0.25, 0.3) is 5.91 Å². The molecule has 20 heavy (non-hydrogen) atoms. The second-order valence-electron chi connectivity index (χ2n) is 5.82. The summed E-state index contributed by atoms with van der Waals surface area (Å²) < 4.78 is 5.66. The summed E-state index contributed by atoms with van der Waals surface area (Å²) in [7, 11) is 0. The van der Waals surface area contributed by atoms with E-state index in [1.165, 1.54) is 37.7 Å². The first-order chi connectivity index (χ1) is 9.65. The fraction of sp³-hybridized carbons (Fsp3) is 0.588. The highest BCUT2D eigenvalue weighted by Crippen LogP contribution is 2.22. The second kappa shape index (κ2) is 7.32. The lowest BCUT2D eigenvalue weighted by atomic mass is 9.89. The normalized spacial score (nSPS) is 17.5. The molecule has 1 atom stereocenters. The SMILES string of the molecule is Cc1ccc(O[C@H](C)C(=O)NCC2CCCCC2)cc1. The molecular formula is C17H25NO2. The zero-order valence-corrected chi connectivity index (χ0v) is 12.5. The molecule has 3 heteroatoms. The maximum Gasteiger partial charge on any atom is 0.260 e. The number of aryl methyl sites for hydroxylation is 1. The number of hydrogen-bond acceptors (Lipinski definition) is 2. The van der Waals surface area contributed by atoms with Gasteiger partial charge in [-0.15, -0.1) is 0 Å². The minimum atomic E-state index is -0.443. The number of hydrogen-bond donors (Lipinski definition) is 1. The third-order valence-corrected chi connectivity index (χ3v) is 3.99. The van der Waals surface area contributed by atoms with Crippen LogP contribution in [0.3, 0.4) is 0 Å². The van der Waals surface area contributed by atoms with Crippen molar-refractivity contribution in [3.8, 4) is 5.75 Å². The van der Waals surface area contributed by atoms with Gasteiger partial charge in [0, 0.05) is 6.54 Å². The van der Waals surface area contributed by atoms with Crippen molar-refractivity contribution >= 4 is 5.91 Å². The van der Waals surface area contributed by atoms with E-state index >= 15 is 0 Å². The zero-order chi connectivity index (χ0) is 14.4. The first-order valence-electron chi connectivity index (χ1n) is 7.66. The van der Waals surface area contributed by atoms with Crippen molar-refractivity contribution < 1.29 is 9.53 Å². The number of rotatable bonds is 5. The van der Waals surface area contributed by atoms with Gasteiger partial charge >= 0.3 is 0 Å². The molecule has 0 bridgehead atoms. The van der Waals surface area contributed by atoms with Gasteiger partial charge in [0.1, 0.15) is 5.75 Å². The maximum absolute atomic E-state index is 12.0. The Balaban J connectivity index is 1.75. The Morgan fingerprint density at radius 3 is 2.55 bits per heavy atom. The largest absolute Gasteiger partial charge is 0.481 e. The van der Waals surface area contributed by atoms with Gasteiger partial charge in [-0.2, -0.15) is 0 Å². The average Bonchev–Trinajstić information content (AvgIpc) is 2.48.